The van der Waals surface area contributed by atoms with E-state index in [0.29, 0.717) is 0 Å². The fourth-order valence-corrected chi connectivity index (χ4v) is 0.988. The largest absolute Gasteiger partial charge is 0.506 e. The van der Waals surface area contributed by atoms with Gasteiger partial charge in [0.1, 0.15) is 17.1 Å². The van der Waals surface area contributed by atoms with Gasteiger partial charge in [0, 0.05) is 0 Å². The SMILES string of the molecule is ONc1c(O)ccc(Cl)c1NO. The minimum Gasteiger partial charge on any atom is -0.506 e. The molecule has 0 unspecified atom stereocenters. The highest BCUT2D eigenvalue weighted by atomic mass is 35.5. The second-order valence-electron chi connectivity index (χ2n) is 2.04. The van der Waals surface area contributed by atoms with E-state index in [1.807, 2.05) is 0 Å². The summed E-state index contributed by atoms with van der Waals surface area (Å²) in [6.45, 7) is 0. The fraction of sp³-hybridized carbons (Fsp3) is 0. The molecule has 0 radical (unpaired) electrons. The Morgan fingerprint density at radius 2 is 1.67 bits per heavy atom. The molecule has 1 rings (SSSR count). The molecule has 1 aromatic carbocycles. The first kappa shape index (κ1) is 8.92. The maximum atomic E-state index is 9.11. The molecule has 0 saturated carbocycles. The molecule has 1 aromatic rings. The maximum absolute atomic E-state index is 9.11. The Balaban J connectivity index is 3.28. The van der Waals surface area contributed by atoms with E-state index < -0.39 is 0 Å². The third kappa shape index (κ3) is 1.38. The van der Waals surface area contributed by atoms with Crippen LogP contribution < -0.4 is 11.0 Å². The highest BCUT2D eigenvalue weighted by Crippen LogP contribution is 2.36. The topological polar surface area (TPSA) is 84.8 Å². The van der Waals surface area contributed by atoms with Gasteiger partial charge < -0.3 is 5.11 Å². The number of benzene rings is 1. The van der Waals surface area contributed by atoms with Crippen LogP contribution in [0.4, 0.5) is 11.4 Å². The van der Waals surface area contributed by atoms with E-state index in [2.05, 4.69) is 0 Å². The molecule has 0 heterocycles. The van der Waals surface area contributed by atoms with Gasteiger partial charge in [-0.2, -0.15) is 0 Å². The Morgan fingerprint density at radius 3 is 2.08 bits per heavy atom. The number of phenols is 1. The van der Waals surface area contributed by atoms with Crippen molar-refractivity contribution in [1.29, 1.82) is 0 Å². The molecule has 5 nitrogen and oxygen atoms in total. The van der Waals surface area contributed by atoms with Crippen molar-refractivity contribution in [2.75, 3.05) is 11.0 Å². The predicted octanol–water partition coefficient (Wildman–Crippen LogP) is 1.65. The van der Waals surface area contributed by atoms with E-state index in [-0.39, 0.29) is 22.1 Å². The van der Waals surface area contributed by atoms with Crippen LogP contribution in [-0.4, -0.2) is 15.5 Å². The summed E-state index contributed by atoms with van der Waals surface area (Å²) in [6.07, 6.45) is 0. The van der Waals surface area contributed by atoms with Gasteiger partial charge in [-0.15, -0.1) is 0 Å². The predicted molar refractivity (Wildman–Crippen MR) is 43.9 cm³/mol. The second kappa shape index (κ2) is 3.48. The zero-order valence-electron chi connectivity index (χ0n) is 5.87. The first-order valence-corrected chi connectivity index (χ1v) is 3.40. The lowest BCUT2D eigenvalue weighted by Gasteiger charge is -2.09. The van der Waals surface area contributed by atoms with E-state index >= 15 is 0 Å². The summed E-state index contributed by atoms with van der Waals surface area (Å²) in [4.78, 5) is 0. The van der Waals surface area contributed by atoms with Crippen LogP contribution in [0, 0.1) is 0 Å². The van der Waals surface area contributed by atoms with E-state index in [0.717, 1.165) is 0 Å². The maximum Gasteiger partial charge on any atom is 0.143 e. The first-order valence-electron chi connectivity index (χ1n) is 3.02. The van der Waals surface area contributed by atoms with Crippen molar-refractivity contribution in [3.05, 3.63) is 17.2 Å². The molecular weight excluding hydrogens is 184 g/mol. The van der Waals surface area contributed by atoms with Gasteiger partial charge in [0.2, 0.25) is 0 Å². The average Bonchev–Trinajstić information content (AvgIpc) is 2.08. The Hall–Kier alpha value is -1.17. The number of anilines is 2. The Labute approximate surface area is 73.1 Å². The van der Waals surface area contributed by atoms with Crippen LogP contribution in [0.1, 0.15) is 0 Å². The second-order valence-corrected chi connectivity index (χ2v) is 2.45. The molecule has 0 aliphatic carbocycles. The standard InChI is InChI=1S/C6H7ClN2O3/c7-3-1-2-4(10)6(9-12)5(3)8-11/h1-2,8-12H. The number of hydrogen-bond donors (Lipinski definition) is 5. The minimum atomic E-state index is -0.224. The lowest BCUT2D eigenvalue weighted by Crippen LogP contribution is -1.98. The summed E-state index contributed by atoms with van der Waals surface area (Å²) < 4.78 is 0. The number of halogens is 1. The summed E-state index contributed by atoms with van der Waals surface area (Å²) in [5.41, 5.74) is 3.37. The molecule has 6 heteroatoms. The van der Waals surface area contributed by atoms with Crippen LogP contribution in [0.15, 0.2) is 12.1 Å². The van der Waals surface area contributed by atoms with Crippen LogP contribution in [0.5, 0.6) is 5.75 Å². The molecule has 66 valence electrons. The molecule has 5 N–H and O–H groups in total. The van der Waals surface area contributed by atoms with Crippen molar-refractivity contribution in [1.82, 2.24) is 0 Å². The minimum absolute atomic E-state index is 0.0131. The molecule has 12 heavy (non-hydrogen) atoms. The molecule has 0 aromatic heterocycles. The molecule has 0 aliphatic heterocycles. The van der Waals surface area contributed by atoms with Gasteiger partial charge >= 0.3 is 0 Å². The van der Waals surface area contributed by atoms with Gasteiger partial charge in [-0.05, 0) is 12.1 Å². The van der Waals surface area contributed by atoms with Crippen molar-refractivity contribution >= 4 is 23.0 Å². The van der Waals surface area contributed by atoms with Gasteiger partial charge in [-0.25, -0.2) is 0 Å². The number of hydrogen-bond acceptors (Lipinski definition) is 5. The van der Waals surface area contributed by atoms with E-state index in [9.17, 15) is 0 Å². The Kier molecular flexibility index (Phi) is 2.59. The monoisotopic (exact) mass is 190 g/mol. The molecule has 0 saturated heterocycles. The fourth-order valence-electron chi connectivity index (χ4n) is 0.789. The summed E-state index contributed by atoms with van der Waals surface area (Å²) in [7, 11) is 0. The molecule has 0 fully saturated rings. The molecule has 0 amide bonds. The Bertz CT molecular complexity index is 263. The molecule has 0 spiro atoms. The van der Waals surface area contributed by atoms with E-state index in [1.54, 1.807) is 11.0 Å². The smallest absolute Gasteiger partial charge is 0.143 e. The highest BCUT2D eigenvalue weighted by Gasteiger charge is 2.10. The highest BCUT2D eigenvalue weighted by molar-refractivity contribution is 6.34. The molecule has 0 atom stereocenters. The summed E-state index contributed by atoms with van der Waals surface area (Å²) >= 11 is 5.60. The van der Waals surface area contributed by atoms with Crippen LogP contribution in [0.3, 0.4) is 0 Å². The zero-order chi connectivity index (χ0) is 9.14. The molecule has 0 bridgehead atoms. The number of aromatic hydroxyl groups is 1. The molecule has 0 aliphatic rings. The lowest BCUT2D eigenvalue weighted by molar-refractivity contribution is 0.371. The van der Waals surface area contributed by atoms with Gasteiger partial charge in [0.25, 0.3) is 0 Å². The zero-order valence-corrected chi connectivity index (χ0v) is 6.63. The van der Waals surface area contributed by atoms with Crippen LogP contribution in [0.25, 0.3) is 0 Å². The number of rotatable bonds is 2. The van der Waals surface area contributed by atoms with E-state index in [4.69, 9.17) is 27.1 Å². The third-order valence-corrected chi connectivity index (χ3v) is 1.67. The summed E-state index contributed by atoms with van der Waals surface area (Å²) in [5.74, 6) is -0.224. The third-order valence-electron chi connectivity index (χ3n) is 1.36. The van der Waals surface area contributed by atoms with Crippen LogP contribution in [-0.2, 0) is 0 Å². The normalized spacial score (nSPS) is 9.58. The van der Waals surface area contributed by atoms with Crippen molar-refractivity contribution in [3.8, 4) is 5.75 Å². The first-order chi connectivity index (χ1) is 5.70. The summed E-state index contributed by atoms with van der Waals surface area (Å²) in [5, 5.41) is 26.4. The average molecular weight is 191 g/mol. The van der Waals surface area contributed by atoms with Gasteiger partial charge in [0.05, 0.1) is 5.02 Å². The Morgan fingerprint density at radius 1 is 1.08 bits per heavy atom. The molecular formula is C6H7ClN2O3. The number of nitrogens with one attached hydrogen (secondary N) is 2. The van der Waals surface area contributed by atoms with Crippen molar-refractivity contribution in [2.24, 2.45) is 0 Å². The van der Waals surface area contributed by atoms with Crippen molar-refractivity contribution in [3.63, 3.8) is 0 Å². The van der Waals surface area contributed by atoms with Crippen molar-refractivity contribution in [2.45, 2.75) is 0 Å². The van der Waals surface area contributed by atoms with E-state index in [1.165, 1.54) is 12.1 Å². The van der Waals surface area contributed by atoms with Gasteiger partial charge in [0.15, 0.2) is 0 Å². The number of phenolic OH excluding ortho intramolecular Hbond substituents is 1. The van der Waals surface area contributed by atoms with Crippen LogP contribution in [0.2, 0.25) is 5.02 Å². The van der Waals surface area contributed by atoms with Gasteiger partial charge in [-0.1, -0.05) is 11.6 Å². The summed E-state index contributed by atoms with van der Waals surface area (Å²) in [6, 6.07) is 2.65. The van der Waals surface area contributed by atoms with Crippen molar-refractivity contribution < 1.29 is 15.5 Å². The van der Waals surface area contributed by atoms with Crippen LogP contribution >= 0.6 is 11.6 Å². The quantitative estimate of drug-likeness (QED) is 0.362. The lowest BCUT2D eigenvalue weighted by atomic mass is 10.2. The van der Waals surface area contributed by atoms with Gasteiger partial charge in [-0.3, -0.25) is 21.4 Å².